The van der Waals surface area contributed by atoms with Crippen molar-refractivity contribution in [2.45, 2.75) is 14.9 Å². The van der Waals surface area contributed by atoms with Gasteiger partial charge in [0.05, 0.1) is 4.90 Å². The molecule has 8 heteroatoms. The minimum Gasteiger partial charge on any atom is -0.373 e. The van der Waals surface area contributed by atoms with E-state index in [2.05, 4.69) is 0 Å². The maximum atomic E-state index is 11.6. The standard InChI is InChI=1S/C8H8Cl3NO3S/c9-8(10,11)7(13)12-16(14,15)6-4-2-1-3-5-6/h1-5,7,12-13H. The number of aliphatic hydroxyl groups is 1. The number of halogens is 3. The number of benzene rings is 1. The Morgan fingerprint density at radius 1 is 1.19 bits per heavy atom. The third-order valence-corrected chi connectivity index (χ3v) is 3.68. The van der Waals surface area contributed by atoms with Crippen molar-refractivity contribution in [3.8, 4) is 0 Å². The van der Waals surface area contributed by atoms with Crippen LogP contribution in [0.15, 0.2) is 35.2 Å². The van der Waals surface area contributed by atoms with Crippen LogP contribution in [0.2, 0.25) is 0 Å². The van der Waals surface area contributed by atoms with Crippen molar-refractivity contribution in [2.24, 2.45) is 0 Å². The van der Waals surface area contributed by atoms with Crippen molar-refractivity contribution in [3.63, 3.8) is 0 Å². The minimum absolute atomic E-state index is 0.0247. The monoisotopic (exact) mass is 303 g/mol. The molecule has 0 aliphatic rings. The molecule has 0 aliphatic carbocycles. The van der Waals surface area contributed by atoms with Gasteiger partial charge in [-0.3, -0.25) is 0 Å². The summed E-state index contributed by atoms with van der Waals surface area (Å²) in [4.78, 5) is -0.0247. The van der Waals surface area contributed by atoms with Crippen LogP contribution in [0.25, 0.3) is 0 Å². The number of nitrogens with one attached hydrogen (secondary N) is 1. The van der Waals surface area contributed by atoms with Gasteiger partial charge >= 0.3 is 0 Å². The maximum Gasteiger partial charge on any atom is 0.242 e. The van der Waals surface area contributed by atoms with E-state index in [1.165, 1.54) is 24.3 Å². The van der Waals surface area contributed by atoms with Gasteiger partial charge in [-0.1, -0.05) is 53.0 Å². The highest BCUT2D eigenvalue weighted by atomic mass is 35.6. The zero-order valence-electron chi connectivity index (χ0n) is 7.77. The first-order valence-corrected chi connectivity index (χ1v) is 6.67. The fourth-order valence-corrected chi connectivity index (χ4v) is 2.36. The Morgan fingerprint density at radius 3 is 2.12 bits per heavy atom. The molecule has 2 N–H and O–H groups in total. The largest absolute Gasteiger partial charge is 0.373 e. The first-order chi connectivity index (χ1) is 7.23. The van der Waals surface area contributed by atoms with Crippen LogP contribution in [0, 0.1) is 0 Å². The van der Waals surface area contributed by atoms with Crippen molar-refractivity contribution in [1.29, 1.82) is 0 Å². The zero-order valence-corrected chi connectivity index (χ0v) is 10.9. The van der Waals surface area contributed by atoms with Crippen molar-refractivity contribution >= 4 is 44.8 Å². The normalized spacial score (nSPS) is 14.8. The average Bonchev–Trinajstić information content (AvgIpc) is 2.17. The van der Waals surface area contributed by atoms with Gasteiger partial charge in [-0.2, -0.15) is 4.72 Å². The summed E-state index contributed by atoms with van der Waals surface area (Å²) in [5.74, 6) is 0. The fraction of sp³-hybridized carbons (Fsp3) is 0.250. The Kier molecular flexibility index (Phi) is 4.45. The first-order valence-electron chi connectivity index (χ1n) is 4.05. The Morgan fingerprint density at radius 2 is 1.69 bits per heavy atom. The van der Waals surface area contributed by atoms with E-state index in [-0.39, 0.29) is 4.90 Å². The second kappa shape index (κ2) is 5.08. The van der Waals surface area contributed by atoms with Gasteiger partial charge in [0.2, 0.25) is 13.8 Å². The molecule has 16 heavy (non-hydrogen) atoms. The Hall–Kier alpha value is -0.0400. The van der Waals surface area contributed by atoms with Crippen LogP contribution in [-0.4, -0.2) is 23.5 Å². The SMILES string of the molecule is O=S(=O)(NC(O)C(Cl)(Cl)Cl)c1ccccc1. The van der Waals surface area contributed by atoms with Crippen molar-refractivity contribution in [3.05, 3.63) is 30.3 Å². The quantitative estimate of drug-likeness (QED) is 0.659. The van der Waals surface area contributed by atoms with Gasteiger partial charge in [0, 0.05) is 0 Å². The predicted molar refractivity (Wildman–Crippen MR) is 63.1 cm³/mol. The van der Waals surface area contributed by atoms with E-state index in [0.717, 1.165) is 0 Å². The number of hydrogen-bond acceptors (Lipinski definition) is 3. The molecule has 0 spiro atoms. The van der Waals surface area contributed by atoms with Crippen molar-refractivity contribution in [2.75, 3.05) is 0 Å². The van der Waals surface area contributed by atoms with Crippen molar-refractivity contribution < 1.29 is 13.5 Å². The highest BCUT2D eigenvalue weighted by Crippen LogP contribution is 2.29. The molecule has 0 radical (unpaired) electrons. The highest BCUT2D eigenvalue weighted by Gasteiger charge is 2.34. The van der Waals surface area contributed by atoms with Crippen LogP contribution in [0.3, 0.4) is 0 Å². The minimum atomic E-state index is -3.90. The van der Waals surface area contributed by atoms with Gasteiger partial charge in [-0.25, -0.2) is 8.42 Å². The number of aliphatic hydroxyl groups excluding tert-OH is 1. The summed E-state index contributed by atoms with van der Waals surface area (Å²) in [6, 6.07) is 7.44. The van der Waals surface area contributed by atoms with Gasteiger partial charge in [0.15, 0.2) is 6.23 Å². The van der Waals surface area contributed by atoms with E-state index in [9.17, 15) is 13.5 Å². The van der Waals surface area contributed by atoms with E-state index in [1.807, 2.05) is 4.72 Å². The maximum absolute atomic E-state index is 11.6. The fourth-order valence-electron chi connectivity index (χ4n) is 0.881. The molecule has 1 unspecified atom stereocenters. The molecule has 0 heterocycles. The van der Waals surface area contributed by atoms with E-state index < -0.39 is 20.0 Å². The number of rotatable bonds is 3. The third kappa shape index (κ3) is 3.76. The van der Waals surface area contributed by atoms with E-state index in [0.29, 0.717) is 0 Å². The summed E-state index contributed by atoms with van der Waals surface area (Å²) in [7, 11) is -3.90. The molecule has 90 valence electrons. The molecule has 4 nitrogen and oxygen atoms in total. The van der Waals surface area contributed by atoms with Crippen molar-refractivity contribution in [1.82, 2.24) is 4.72 Å². The Labute approximate surface area is 108 Å². The van der Waals surface area contributed by atoms with Gasteiger partial charge in [0.25, 0.3) is 0 Å². The van der Waals surface area contributed by atoms with Crippen LogP contribution in [-0.2, 0) is 10.0 Å². The molecule has 0 saturated carbocycles. The Balaban J connectivity index is 2.90. The second-order valence-electron chi connectivity index (χ2n) is 2.88. The summed E-state index contributed by atoms with van der Waals surface area (Å²) >= 11 is 16.0. The third-order valence-electron chi connectivity index (χ3n) is 1.63. The molecular formula is C8H8Cl3NO3S. The van der Waals surface area contributed by atoms with Crippen LogP contribution in [0.1, 0.15) is 0 Å². The summed E-state index contributed by atoms with van der Waals surface area (Å²) in [5, 5.41) is 9.30. The first kappa shape index (κ1) is 14.0. The molecule has 1 aromatic rings. The van der Waals surface area contributed by atoms with Crippen LogP contribution < -0.4 is 4.72 Å². The molecule has 0 bridgehead atoms. The molecule has 0 aliphatic heterocycles. The lowest BCUT2D eigenvalue weighted by atomic mass is 10.4. The summed E-state index contributed by atoms with van der Waals surface area (Å²) in [6.45, 7) is 0. The topological polar surface area (TPSA) is 66.4 Å². The van der Waals surface area contributed by atoms with Gasteiger partial charge in [-0.15, -0.1) is 0 Å². The molecule has 0 aromatic heterocycles. The van der Waals surface area contributed by atoms with E-state index in [1.54, 1.807) is 6.07 Å². The smallest absolute Gasteiger partial charge is 0.242 e. The second-order valence-corrected chi connectivity index (χ2v) is 6.96. The summed E-state index contributed by atoms with van der Waals surface area (Å²) in [5.41, 5.74) is 0. The number of alkyl halides is 3. The Bertz CT molecular complexity index is 443. The molecule has 0 amide bonds. The molecule has 1 atom stereocenters. The van der Waals surface area contributed by atoms with E-state index >= 15 is 0 Å². The predicted octanol–water partition coefficient (Wildman–Crippen LogP) is 1.65. The molecule has 1 aromatic carbocycles. The molecule has 0 fully saturated rings. The number of hydrogen-bond donors (Lipinski definition) is 2. The summed E-state index contributed by atoms with van der Waals surface area (Å²) in [6.07, 6.45) is -1.82. The van der Waals surface area contributed by atoms with Crippen LogP contribution >= 0.6 is 34.8 Å². The molecular weight excluding hydrogens is 297 g/mol. The van der Waals surface area contributed by atoms with Crippen LogP contribution in [0.4, 0.5) is 0 Å². The van der Waals surface area contributed by atoms with Crippen LogP contribution in [0.5, 0.6) is 0 Å². The lowest BCUT2D eigenvalue weighted by molar-refractivity contribution is 0.167. The zero-order chi connectivity index (χ0) is 12.4. The molecule has 0 saturated heterocycles. The van der Waals surface area contributed by atoms with E-state index in [4.69, 9.17) is 34.8 Å². The summed E-state index contributed by atoms with van der Waals surface area (Å²) < 4.78 is 23.0. The molecule has 1 rings (SSSR count). The van der Waals surface area contributed by atoms with Gasteiger partial charge in [0.1, 0.15) is 0 Å². The highest BCUT2D eigenvalue weighted by molar-refractivity contribution is 7.89. The lowest BCUT2D eigenvalue weighted by Crippen LogP contribution is -2.43. The van der Waals surface area contributed by atoms with Gasteiger partial charge < -0.3 is 5.11 Å². The lowest BCUT2D eigenvalue weighted by Gasteiger charge is -2.19. The average molecular weight is 305 g/mol. The number of sulfonamides is 1. The van der Waals surface area contributed by atoms with Gasteiger partial charge in [-0.05, 0) is 12.1 Å².